The summed E-state index contributed by atoms with van der Waals surface area (Å²) in [4.78, 5) is 23.9. The van der Waals surface area contributed by atoms with Gasteiger partial charge in [-0.15, -0.1) is 0 Å². The number of nitrogens with zero attached hydrogens (tertiary/aromatic N) is 5. The predicted octanol–water partition coefficient (Wildman–Crippen LogP) is 8.89. The highest BCUT2D eigenvalue weighted by molar-refractivity contribution is 9.10. The molecule has 0 atom stereocenters. The SMILES string of the molecule is CCN(Cc1cc(Br)ccc1OCC1CC1)c1ccc(C#N)cn1.CCN(Cc1cc(Br)ccc1OCC1CC1)c1ccc(C(=O)O)cn1. The summed E-state index contributed by atoms with van der Waals surface area (Å²) >= 11 is 7.08. The molecule has 6 rings (SSSR count). The fourth-order valence-electron chi connectivity index (χ4n) is 5.07. The molecule has 2 aliphatic rings. The molecule has 0 spiro atoms. The molecule has 4 aromatic rings. The standard InChI is InChI=1S/C19H20BrN3O.C19H21BrN2O3/c1-2-23(19-8-5-15(10-21)11-22-19)12-16-9-17(20)6-7-18(16)24-13-14-3-4-14;1-2-22(18-8-5-14(10-21-18)19(23)24)11-15-9-16(20)6-7-17(15)25-12-13-3-4-13/h5-9,11,14H,2-4,12-13H2,1H3;5-10,13H,2-4,11-12H2,1H3,(H,23,24). The van der Waals surface area contributed by atoms with E-state index in [1.807, 2.05) is 30.3 Å². The summed E-state index contributed by atoms with van der Waals surface area (Å²) in [6.45, 7) is 8.67. The number of aromatic nitrogens is 2. The molecule has 256 valence electrons. The van der Waals surface area contributed by atoms with Crippen LogP contribution in [-0.4, -0.2) is 47.3 Å². The number of hydrogen-bond acceptors (Lipinski definition) is 8. The molecule has 0 unspecified atom stereocenters. The van der Waals surface area contributed by atoms with Crippen LogP contribution in [0.2, 0.25) is 0 Å². The molecule has 0 radical (unpaired) electrons. The monoisotopic (exact) mass is 789 g/mol. The molecule has 0 aliphatic heterocycles. The van der Waals surface area contributed by atoms with Crippen LogP contribution in [0.1, 0.15) is 66.6 Å². The van der Waals surface area contributed by atoms with E-state index in [0.717, 1.165) is 82.0 Å². The Morgan fingerprint density at radius 1 is 0.796 bits per heavy atom. The predicted molar refractivity (Wildman–Crippen MR) is 198 cm³/mol. The lowest BCUT2D eigenvalue weighted by Gasteiger charge is -2.23. The van der Waals surface area contributed by atoms with Gasteiger partial charge < -0.3 is 24.4 Å². The summed E-state index contributed by atoms with van der Waals surface area (Å²) in [7, 11) is 0. The number of halogens is 2. The van der Waals surface area contributed by atoms with Crippen molar-refractivity contribution in [1.82, 2.24) is 9.97 Å². The maximum absolute atomic E-state index is 11.0. The average Bonchev–Trinajstić information content (AvgIpc) is 4.06. The van der Waals surface area contributed by atoms with Gasteiger partial charge in [0.15, 0.2) is 0 Å². The summed E-state index contributed by atoms with van der Waals surface area (Å²) in [5, 5.41) is 17.9. The Labute approximate surface area is 305 Å². The van der Waals surface area contributed by atoms with Crippen molar-refractivity contribution in [2.45, 2.75) is 52.6 Å². The number of carboxylic acids is 1. The van der Waals surface area contributed by atoms with E-state index in [1.165, 1.54) is 31.9 Å². The highest BCUT2D eigenvalue weighted by Gasteiger charge is 2.24. The number of ether oxygens (including phenoxy) is 2. The quantitative estimate of drug-likeness (QED) is 0.126. The van der Waals surface area contributed by atoms with E-state index >= 15 is 0 Å². The molecule has 2 heterocycles. The maximum atomic E-state index is 11.0. The molecule has 0 saturated heterocycles. The van der Waals surface area contributed by atoms with E-state index in [0.29, 0.717) is 18.0 Å². The highest BCUT2D eigenvalue weighted by Crippen LogP contribution is 2.33. The number of nitriles is 1. The lowest BCUT2D eigenvalue weighted by Crippen LogP contribution is -2.23. The number of benzene rings is 2. The van der Waals surface area contributed by atoms with Gasteiger partial charge in [0.25, 0.3) is 0 Å². The Balaban J connectivity index is 0.000000191. The highest BCUT2D eigenvalue weighted by atomic mass is 79.9. The van der Waals surface area contributed by atoms with E-state index in [4.69, 9.17) is 19.8 Å². The van der Waals surface area contributed by atoms with Crippen molar-refractivity contribution in [2.24, 2.45) is 11.8 Å². The summed E-state index contributed by atoms with van der Waals surface area (Å²) in [5.41, 5.74) is 2.99. The van der Waals surface area contributed by atoms with Crippen LogP contribution in [0.4, 0.5) is 11.6 Å². The van der Waals surface area contributed by atoms with Gasteiger partial charge in [0.05, 0.1) is 24.3 Å². The van der Waals surface area contributed by atoms with Crippen LogP contribution in [0.5, 0.6) is 11.5 Å². The molecular weight excluding hydrogens is 750 g/mol. The zero-order chi connectivity index (χ0) is 34.8. The molecule has 49 heavy (non-hydrogen) atoms. The van der Waals surface area contributed by atoms with Crippen LogP contribution in [0.3, 0.4) is 0 Å². The zero-order valence-electron chi connectivity index (χ0n) is 27.8. The third-order valence-electron chi connectivity index (χ3n) is 8.39. The van der Waals surface area contributed by atoms with Crippen molar-refractivity contribution >= 4 is 49.5 Å². The van der Waals surface area contributed by atoms with Gasteiger partial charge in [-0.1, -0.05) is 31.9 Å². The van der Waals surface area contributed by atoms with Crippen LogP contribution in [0, 0.1) is 23.2 Å². The maximum Gasteiger partial charge on any atom is 0.337 e. The van der Waals surface area contributed by atoms with Gasteiger partial charge in [-0.25, -0.2) is 14.8 Å². The minimum Gasteiger partial charge on any atom is -0.493 e. The van der Waals surface area contributed by atoms with Crippen LogP contribution < -0.4 is 19.3 Å². The Hall–Kier alpha value is -4.14. The van der Waals surface area contributed by atoms with Crippen LogP contribution in [0.15, 0.2) is 82.0 Å². The summed E-state index contributed by atoms with van der Waals surface area (Å²) in [6, 6.07) is 21.3. The number of rotatable bonds is 15. The number of anilines is 2. The second kappa shape index (κ2) is 17.5. The molecule has 2 aromatic heterocycles. The van der Waals surface area contributed by atoms with Gasteiger partial charge in [-0.05, 0) is 112 Å². The van der Waals surface area contributed by atoms with E-state index in [2.05, 4.69) is 83.7 Å². The van der Waals surface area contributed by atoms with Gasteiger partial charge in [0, 0.05) is 58.6 Å². The number of pyridine rings is 2. The summed E-state index contributed by atoms with van der Waals surface area (Å²) in [5.74, 6) is 3.91. The normalized spacial score (nSPS) is 13.4. The first-order valence-electron chi connectivity index (χ1n) is 16.6. The molecule has 9 nitrogen and oxygen atoms in total. The Kier molecular flexibility index (Phi) is 12.9. The third kappa shape index (κ3) is 10.9. The van der Waals surface area contributed by atoms with Crippen LogP contribution in [-0.2, 0) is 13.1 Å². The van der Waals surface area contributed by atoms with Crippen molar-refractivity contribution in [3.8, 4) is 17.6 Å². The summed E-state index contributed by atoms with van der Waals surface area (Å²) < 4.78 is 14.1. The second-order valence-corrected chi connectivity index (χ2v) is 14.1. The fraction of sp³-hybridized carbons (Fsp3) is 0.368. The van der Waals surface area contributed by atoms with Gasteiger partial charge in [0.2, 0.25) is 0 Å². The first kappa shape index (κ1) is 36.1. The Bertz CT molecular complexity index is 1740. The summed E-state index contributed by atoms with van der Waals surface area (Å²) in [6.07, 6.45) is 8.08. The topological polar surface area (TPSA) is 112 Å². The first-order valence-corrected chi connectivity index (χ1v) is 18.2. The molecule has 2 fully saturated rings. The number of carboxylic acid groups (broad SMARTS) is 1. The van der Waals surface area contributed by atoms with Gasteiger partial charge in [-0.2, -0.15) is 5.26 Å². The Morgan fingerprint density at radius 3 is 1.65 bits per heavy atom. The minimum atomic E-state index is -0.968. The van der Waals surface area contributed by atoms with E-state index in [9.17, 15) is 4.79 Å². The van der Waals surface area contributed by atoms with E-state index in [-0.39, 0.29) is 5.56 Å². The van der Waals surface area contributed by atoms with Crippen molar-refractivity contribution in [3.63, 3.8) is 0 Å². The van der Waals surface area contributed by atoms with Gasteiger partial charge >= 0.3 is 5.97 Å². The van der Waals surface area contributed by atoms with Crippen molar-refractivity contribution in [1.29, 1.82) is 5.26 Å². The fourth-order valence-corrected chi connectivity index (χ4v) is 5.89. The lowest BCUT2D eigenvalue weighted by atomic mass is 10.2. The van der Waals surface area contributed by atoms with Crippen LogP contribution >= 0.6 is 31.9 Å². The molecule has 0 amide bonds. The number of carbonyl (C=O) groups is 1. The number of aromatic carboxylic acids is 1. The molecule has 2 aromatic carbocycles. The van der Waals surface area contributed by atoms with E-state index < -0.39 is 5.97 Å². The lowest BCUT2D eigenvalue weighted by molar-refractivity contribution is 0.0696. The molecule has 1 N–H and O–H groups in total. The van der Waals surface area contributed by atoms with Crippen molar-refractivity contribution in [2.75, 3.05) is 36.1 Å². The molecule has 2 aliphatic carbocycles. The Morgan fingerprint density at radius 2 is 1.29 bits per heavy atom. The first-order chi connectivity index (χ1) is 23.8. The van der Waals surface area contributed by atoms with Crippen molar-refractivity contribution in [3.05, 3.63) is 104 Å². The average molecular weight is 792 g/mol. The molecule has 11 heteroatoms. The second-order valence-electron chi connectivity index (χ2n) is 12.3. The molecule has 2 saturated carbocycles. The number of hydrogen-bond donors (Lipinski definition) is 1. The molecule has 0 bridgehead atoms. The van der Waals surface area contributed by atoms with Gasteiger partial charge in [0.1, 0.15) is 29.2 Å². The van der Waals surface area contributed by atoms with Gasteiger partial charge in [-0.3, -0.25) is 0 Å². The smallest absolute Gasteiger partial charge is 0.337 e. The van der Waals surface area contributed by atoms with Crippen molar-refractivity contribution < 1.29 is 19.4 Å². The van der Waals surface area contributed by atoms with E-state index in [1.54, 1.807) is 24.4 Å². The third-order valence-corrected chi connectivity index (χ3v) is 9.38. The van der Waals surface area contributed by atoms with Crippen LogP contribution in [0.25, 0.3) is 0 Å². The molecular formula is C38H41Br2N5O4. The largest absolute Gasteiger partial charge is 0.493 e. The zero-order valence-corrected chi connectivity index (χ0v) is 31.0. The minimum absolute atomic E-state index is 0.190.